The van der Waals surface area contributed by atoms with Crippen molar-refractivity contribution in [3.8, 4) is 5.75 Å². The molecule has 0 unspecified atom stereocenters. The Hall–Kier alpha value is -3.61. The maximum absolute atomic E-state index is 11.5. The number of hydrogen-bond donors (Lipinski definition) is 2. The Balaban J connectivity index is 2.10. The summed E-state index contributed by atoms with van der Waals surface area (Å²) in [4.78, 5) is 21.7. The fourth-order valence-corrected chi connectivity index (χ4v) is 2.64. The zero-order chi connectivity index (χ0) is 18.0. The van der Waals surface area contributed by atoms with Crippen molar-refractivity contribution in [3.63, 3.8) is 0 Å². The van der Waals surface area contributed by atoms with Gasteiger partial charge in [0.2, 0.25) is 0 Å². The lowest BCUT2D eigenvalue weighted by Gasteiger charge is -2.15. The lowest BCUT2D eigenvalue weighted by molar-refractivity contribution is -0.384. The van der Waals surface area contributed by atoms with Gasteiger partial charge in [0.15, 0.2) is 0 Å². The first-order chi connectivity index (χ1) is 12.0. The topological polar surface area (TPSA) is 102 Å². The summed E-state index contributed by atoms with van der Waals surface area (Å²) >= 11 is 0. The van der Waals surface area contributed by atoms with E-state index in [0.717, 1.165) is 16.8 Å². The molecule has 0 fully saturated rings. The van der Waals surface area contributed by atoms with Crippen LogP contribution in [0.4, 0.5) is 17.1 Å². The molecule has 7 nitrogen and oxygen atoms in total. The number of methoxy groups -OCH3 is 1. The van der Waals surface area contributed by atoms with E-state index in [1.807, 2.05) is 30.3 Å². The van der Waals surface area contributed by atoms with E-state index in [9.17, 15) is 20.0 Å². The van der Waals surface area contributed by atoms with Gasteiger partial charge in [-0.05, 0) is 17.5 Å². The molecule has 3 aromatic carbocycles. The van der Waals surface area contributed by atoms with Gasteiger partial charge in [-0.3, -0.25) is 10.1 Å². The van der Waals surface area contributed by atoms with E-state index in [2.05, 4.69) is 5.32 Å². The van der Waals surface area contributed by atoms with Gasteiger partial charge in [-0.15, -0.1) is 0 Å². The highest BCUT2D eigenvalue weighted by atomic mass is 16.6. The van der Waals surface area contributed by atoms with Crippen molar-refractivity contribution in [2.45, 2.75) is 0 Å². The fraction of sp³-hybridized carbons (Fsp3) is 0.0556. The van der Waals surface area contributed by atoms with Crippen molar-refractivity contribution in [2.75, 3.05) is 12.4 Å². The number of carbonyl (C=O) groups is 1. The minimum atomic E-state index is -1.26. The first-order valence-electron chi connectivity index (χ1n) is 7.35. The van der Waals surface area contributed by atoms with Crippen LogP contribution in [0.1, 0.15) is 10.4 Å². The van der Waals surface area contributed by atoms with Crippen LogP contribution >= 0.6 is 0 Å². The highest BCUT2D eigenvalue weighted by Crippen LogP contribution is 2.36. The summed E-state index contributed by atoms with van der Waals surface area (Å²) in [6, 6.07) is 14.9. The predicted octanol–water partition coefficient (Wildman–Crippen LogP) is 4.20. The van der Waals surface area contributed by atoms with Gasteiger partial charge in [-0.1, -0.05) is 30.3 Å². The largest absolute Gasteiger partial charge is 0.494 e. The van der Waals surface area contributed by atoms with E-state index in [1.165, 1.54) is 19.2 Å². The molecule has 7 heteroatoms. The number of nitrogens with zero attached hydrogens (tertiary/aromatic N) is 1. The molecule has 0 aromatic heterocycles. The van der Waals surface area contributed by atoms with E-state index in [-0.39, 0.29) is 16.9 Å². The van der Waals surface area contributed by atoms with Gasteiger partial charge in [0.25, 0.3) is 5.69 Å². The SMILES string of the molecule is COc1c(Nc2ccc([N+](=O)[O-])cc2C(=O)O)ccc2ccccc12. The van der Waals surface area contributed by atoms with Crippen LogP contribution in [0.2, 0.25) is 0 Å². The van der Waals surface area contributed by atoms with Crippen molar-refractivity contribution in [1.82, 2.24) is 0 Å². The highest BCUT2D eigenvalue weighted by molar-refractivity contribution is 5.98. The molecule has 0 saturated heterocycles. The number of fused-ring (bicyclic) bond motifs is 1. The molecule has 0 atom stereocenters. The second-order valence-corrected chi connectivity index (χ2v) is 5.28. The van der Waals surface area contributed by atoms with Crippen LogP contribution in [-0.4, -0.2) is 23.1 Å². The summed E-state index contributed by atoms with van der Waals surface area (Å²) in [6.45, 7) is 0. The Kier molecular flexibility index (Phi) is 4.21. The number of carboxylic acid groups (broad SMARTS) is 1. The number of rotatable bonds is 5. The zero-order valence-corrected chi connectivity index (χ0v) is 13.2. The number of carboxylic acids is 1. The summed E-state index contributed by atoms with van der Waals surface area (Å²) in [7, 11) is 1.53. The molecule has 0 heterocycles. The van der Waals surface area contributed by atoms with Gasteiger partial charge in [0.05, 0.1) is 29.0 Å². The van der Waals surface area contributed by atoms with E-state index < -0.39 is 10.9 Å². The third-order valence-corrected chi connectivity index (χ3v) is 3.80. The predicted molar refractivity (Wildman–Crippen MR) is 93.8 cm³/mol. The molecule has 0 aliphatic carbocycles. The van der Waals surface area contributed by atoms with Crippen LogP contribution in [0.5, 0.6) is 5.75 Å². The fourth-order valence-electron chi connectivity index (χ4n) is 2.64. The van der Waals surface area contributed by atoms with Crippen LogP contribution in [0, 0.1) is 10.1 Å². The smallest absolute Gasteiger partial charge is 0.338 e. The Morgan fingerprint density at radius 2 is 1.84 bits per heavy atom. The first-order valence-corrected chi connectivity index (χ1v) is 7.35. The minimum Gasteiger partial charge on any atom is -0.494 e. The number of hydrogen-bond acceptors (Lipinski definition) is 5. The van der Waals surface area contributed by atoms with Gasteiger partial charge >= 0.3 is 5.97 Å². The van der Waals surface area contributed by atoms with Crippen molar-refractivity contribution < 1.29 is 19.6 Å². The number of anilines is 2. The molecule has 0 aliphatic rings. The van der Waals surface area contributed by atoms with Crippen molar-refractivity contribution >= 4 is 33.8 Å². The number of nitro groups is 1. The average molecular weight is 338 g/mol. The Bertz CT molecular complexity index is 984. The van der Waals surface area contributed by atoms with Crippen molar-refractivity contribution in [1.29, 1.82) is 0 Å². The third kappa shape index (κ3) is 3.07. The van der Waals surface area contributed by atoms with E-state index >= 15 is 0 Å². The van der Waals surface area contributed by atoms with Crippen LogP contribution in [0.3, 0.4) is 0 Å². The summed E-state index contributed by atoms with van der Waals surface area (Å²) in [6.07, 6.45) is 0. The molecule has 3 aromatic rings. The lowest BCUT2D eigenvalue weighted by atomic mass is 10.1. The van der Waals surface area contributed by atoms with Gasteiger partial charge in [-0.2, -0.15) is 0 Å². The van der Waals surface area contributed by atoms with E-state index in [1.54, 1.807) is 6.07 Å². The number of aromatic carboxylic acids is 1. The number of non-ortho nitro benzene ring substituents is 1. The van der Waals surface area contributed by atoms with Gasteiger partial charge in [0.1, 0.15) is 5.75 Å². The molecule has 0 amide bonds. The van der Waals surface area contributed by atoms with Crippen molar-refractivity contribution in [3.05, 3.63) is 70.3 Å². The standard InChI is InChI=1S/C18H14N2O5/c1-25-17-13-5-3-2-4-11(13)6-8-16(17)19-15-9-7-12(20(23)24)10-14(15)18(21)22/h2-10,19H,1H3,(H,21,22). The molecule has 126 valence electrons. The van der Waals surface area contributed by atoms with Crippen LogP contribution in [0.25, 0.3) is 10.8 Å². The van der Waals surface area contributed by atoms with Gasteiger partial charge in [-0.25, -0.2) is 4.79 Å². The first kappa shape index (κ1) is 16.3. The number of nitro benzene ring substituents is 1. The average Bonchev–Trinajstić information content (AvgIpc) is 2.61. The minimum absolute atomic E-state index is 0.190. The monoisotopic (exact) mass is 338 g/mol. The molecular weight excluding hydrogens is 324 g/mol. The number of ether oxygens (including phenoxy) is 1. The van der Waals surface area contributed by atoms with Gasteiger partial charge < -0.3 is 15.2 Å². The van der Waals surface area contributed by atoms with Crippen LogP contribution < -0.4 is 10.1 Å². The molecule has 0 aliphatic heterocycles. The normalized spacial score (nSPS) is 10.4. The second kappa shape index (κ2) is 6.48. The molecule has 0 saturated carbocycles. The van der Waals surface area contributed by atoms with E-state index in [4.69, 9.17) is 4.74 Å². The molecule has 25 heavy (non-hydrogen) atoms. The number of benzene rings is 3. The molecule has 0 radical (unpaired) electrons. The van der Waals surface area contributed by atoms with Gasteiger partial charge in [0, 0.05) is 17.5 Å². The Morgan fingerprint density at radius 3 is 2.52 bits per heavy atom. The lowest BCUT2D eigenvalue weighted by Crippen LogP contribution is -2.05. The molecule has 2 N–H and O–H groups in total. The zero-order valence-electron chi connectivity index (χ0n) is 13.2. The summed E-state index contributed by atoms with van der Waals surface area (Å²) in [5, 5.41) is 25.1. The summed E-state index contributed by atoms with van der Waals surface area (Å²) in [5.41, 5.74) is 0.335. The summed E-state index contributed by atoms with van der Waals surface area (Å²) < 4.78 is 5.47. The highest BCUT2D eigenvalue weighted by Gasteiger charge is 2.17. The second-order valence-electron chi connectivity index (χ2n) is 5.28. The molecule has 3 rings (SSSR count). The Labute approximate surface area is 142 Å². The molecule has 0 bridgehead atoms. The van der Waals surface area contributed by atoms with Crippen LogP contribution in [0.15, 0.2) is 54.6 Å². The van der Waals surface area contributed by atoms with E-state index in [0.29, 0.717) is 11.4 Å². The van der Waals surface area contributed by atoms with Crippen molar-refractivity contribution in [2.24, 2.45) is 0 Å². The van der Waals surface area contributed by atoms with Crippen LogP contribution in [-0.2, 0) is 0 Å². The summed E-state index contributed by atoms with van der Waals surface area (Å²) in [5.74, 6) is -0.696. The maximum atomic E-state index is 11.5. The third-order valence-electron chi connectivity index (χ3n) is 3.80. The number of nitrogens with one attached hydrogen (secondary N) is 1. The molecular formula is C18H14N2O5. The molecule has 0 spiro atoms. The quantitative estimate of drug-likeness (QED) is 0.534. The Morgan fingerprint density at radius 1 is 1.12 bits per heavy atom. The maximum Gasteiger partial charge on any atom is 0.338 e.